The fraction of sp³-hybridized carbons (Fsp3) is 0.435. The van der Waals surface area contributed by atoms with E-state index in [9.17, 15) is 9.18 Å². The van der Waals surface area contributed by atoms with Gasteiger partial charge in [-0.05, 0) is 49.9 Å². The van der Waals surface area contributed by atoms with Crippen LogP contribution in [0.3, 0.4) is 0 Å². The molecule has 0 saturated heterocycles. The molecule has 1 aromatic carbocycles. The van der Waals surface area contributed by atoms with Gasteiger partial charge in [-0.2, -0.15) is 5.10 Å². The summed E-state index contributed by atoms with van der Waals surface area (Å²) in [5.41, 5.74) is 13.3. The Labute approximate surface area is 186 Å². The van der Waals surface area contributed by atoms with Crippen LogP contribution in [0.1, 0.15) is 49.9 Å². The Morgan fingerprint density at radius 1 is 1.31 bits per heavy atom. The topological polar surface area (TPSA) is 124 Å². The number of aromatic nitrogens is 3. The summed E-state index contributed by atoms with van der Waals surface area (Å²) in [4.78, 5) is 16.3. The molecule has 9 heteroatoms. The molecule has 2 heterocycles. The maximum absolute atomic E-state index is 14.8. The number of rotatable bonds is 10. The molecule has 8 nitrogen and oxygen atoms in total. The number of carbonyl (C=O) groups is 1. The maximum atomic E-state index is 14.8. The predicted octanol–water partition coefficient (Wildman–Crippen LogP) is 3.75. The minimum atomic E-state index is -0.760. The van der Waals surface area contributed by atoms with E-state index in [4.69, 9.17) is 11.5 Å². The van der Waals surface area contributed by atoms with E-state index in [2.05, 4.69) is 27.6 Å². The average molecular weight is 440 g/mol. The van der Waals surface area contributed by atoms with Crippen molar-refractivity contribution in [3.05, 3.63) is 41.8 Å². The lowest BCUT2D eigenvalue weighted by Gasteiger charge is -2.24. The molecule has 1 aliphatic rings. The predicted molar refractivity (Wildman–Crippen MR) is 124 cm³/mol. The number of aryl methyl sites for hydroxylation is 1. The molecule has 1 fully saturated rings. The number of carbonyl (C=O) groups excluding carboxylic acids is 1. The van der Waals surface area contributed by atoms with Crippen LogP contribution in [-0.2, 0) is 6.54 Å². The molecule has 1 aliphatic carbocycles. The maximum Gasteiger partial charge on any atom is 0.252 e. The molecule has 170 valence electrons. The van der Waals surface area contributed by atoms with Crippen LogP contribution in [0.5, 0.6) is 0 Å². The van der Waals surface area contributed by atoms with Gasteiger partial charge in [-0.15, -0.1) is 0 Å². The molecule has 4 rings (SSSR count). The number of primary amides is 1. The summed E-state index contributed by atoms with van der Waals surface area (Å²) < 4.78 is 16.7. The van der Waals surface area contributed by atoms with Gasteiger partial charge in [0.2, 0.25) is 0 Å². The first kappa shape index (κ1) is 22.0. The third-order valence-electron chi connectivity index (χ3n) is 5.82. The number of hydrogen-bond donors (Lipinski definition) is 4. The second-order valence-electron chi connectivity index (χ2n) is 8.63. The minimum absolute atomic E-state index is 0.0191. The van der Waals surface area contributed by atoms with Gasteiger partial charge in [0.15, 0.2) is 11.6 Å². The number of anilines is 3. The normalized spacial score (nSPS) is 15.5. The Morgan fingerprint density at radius 3 is 2.75 bits per heavy atom. The second kappa shape index (κ2) is 9.12. The highest BCUT2D eigenvalue weighted by Crippen LogP contribution is 2.35. The van der Waals surface area contributed by atoms with Gasteiger partial charge in [-0.25, -0.2) is 9.37 Å². The van der Waals surface area contributed by atoms with Crippen molar-refractivity contribution in [3.8, 4) is 0 Å². The molecule has 3 aromatic rings. The summed E-state index contributed by atoms with van der Waals surface area (Å²) in [5, 5.41) is 11.6. The molecular weight excluding hydrogens is 409 g/mol. The van der Waals surface area contributed by atoms with Crippen molar-refractivity contribution < 1.29 is 9.18 Å². The van der Waals surface area contributed by atoms with E-state index < -0.39 is 11.7 Å². The molecule has 2 atom stereocenters. The molecule has 0 aliphatic heterocycles. The Hall–Kier alpha value is -3.20. The number of hydrogen-bond acceptors (Lipinski definition) is 6. The lowest BCUT2D eigenvalue weighted by atomic mass is 10.0. The van der Waals surface area contributed by atoms with Crippen molar-refractivity contribution in [1.29, 1.82) is 0 Å². The van der Waals surface area contributed by atoms with E-state index >= 15 is 0 Å². The number of nitrogens with one attached hydrogen (secondary N) is 2. The average Bonchev–Trinajstić information content (AvgIpc) is 3.48. The SMILES string of the molecule is CCCn1ncc2cc(Nc3nc(N[C@H](CC4CC4)[C@H](C)N)c(F)cc3C(N)=O)ccc21. The first-order valence-corrected chi connectivity index (χ1v) is 11.1. The van der Waals surface area contributed by atoms with Crippen molar-refractivity contribution in [3.63, 3.8) is 0 Å². The molecular formula is C23H30FN7O. The Kier molecular flexibility index (Phi) is 6.27. The number of nitrogens with two attached hydrogens (primary N) is 2. The van der Waals surface area contributed by atoms with E-state index in [0.29, 0.717) is 11.6 Å². The first-order chi connectivity index (χ1) is 15.4. The summed E-state index contributed by atoms with van der Waals surface area (Å²) in [6, 6.07) is 6.57. The number of halogens is 1. The Morgan fingerprint density at radius 2 is 2.09 bits per heavy atom. The van der Waals surface area contributed by atoms with E-state index in [0.717, 1.165) is 36.4 Å². The molecule has 2 aromatic heterocycles. The lowest BCUT2D eigenvalue weighted by Crippen LogP contribution is -2.39. The number of benzene rings is 1. The van der Waals surface area contributed by atoms with Crippen molar-refractivity contribution in [2.45, 2.75) is 58.2 Å². The second-order valence-corrected chi connectivity index (χ2v) is 8.63. The van der Waals surface area contributed by atoms with Crippen LogP contribution in [0.15, 0.2) is 30.5 Å². The van der Waals surface area contributed by atoms with Crippen LogP contribution < -0.4 is 22.1 Å². The van der Waals surface area contributed by atoms with Gasteiger partial charge < -0.3 is 22.1 Å². The Balaban J connectivity index is 1.63. The minimum Gasteiger partial charge on any atom is -0.365 e. The van der Waals surface area contributed by atoms with Gasteiger partial charge in [0.25, 0.3) is 5.91 Å². The zero-order valence-corrected chi connectivity index (χ0v) is 18.4. The van der Waals surface area contributed by atoms with Crippen molar-refractivity contribution >= 4 is 34.1 Å². The van der Waals surface area contributed by atoms with Crippen LogP contribution in [0.25, 0.3) is 10.9 Å². The number of fused-ring (bicyclic) bond motifs is 1. The van der Waals surface area contributed by atoms with Crippen LogP contribution in [-0.4, -0.2) is 32.8 Å². The highest BCUT2D eigenvalue weighted by atomic mass is 19.1. The van der Waals surface area contributed by atoms with E-state index in [1.807, 2.05) is 29.8 Å². The number of amides is 1. The van der Waals surface area contributed by atoms with Gasteiger partial charge in [0.05, 0.1) is 17.3 Å². The highest BCUT2D eigenvalue weighted by Gasteiger charge is 2.28. The van der Waals surface area contributed by atoms with Crippen LogP contribution >= 0.6 is 0 Å². The quantitative estimate of drug-likeness (QED) is 0.381. The summed E-state index contributed by atoms with van der Waals surface area (Å²) in [6.07, 6.45) is 5.98. The standard InChI is InChI=1S/C23H30FN7O/c1-3-8-31-20-7-6-16(10-15(20)12-27-31)28-22-17(21(26)32)11-18(24)23(30-22)29-19(13(2)25)9-14-4-5-14/h6-7,10-14,19H,3-5,8-9,25H2,1-2H3,(H2,26,32)(H2,28,29,30)/t13-,19+/m0/s1. The van der Waals surface area contributed by atoms with Crippen molar-refractivity contribution in [2.75, 3.05) is 10.6 Å². The van der Waals surface area contributed by atoms with Gasteiger partial charge >= 0.3 is 0 Å². The first-order valence-electron chi connectivity index (χ1n) is 11.1. The van der Waals surface area contributed by atoms with Crippen LogP contribution in [0, 0.1) is 11.7 Å². The Bertz CT molecular complexity index is 1120. The largest absolute Gasteiger partial charge is 0.365 e. The molecule has 0 spiro atoms. The smallest absolute Gasteiger partial charge is 0.252 e. The van der Waals surface area contributed by atoms with E-state index in [-0.39, 0.29) is 29.3 Å². The summed E-state index contributed by atoms with van der Waals surface area (Å²) >= 11 is 0. The highest BCUT2D eigenvalue weighted by molar-refractivity contribution is 5.99. The number of nitrogens with zero attached hydrogens (tertiary/aromatic N) is 3. The lowest BCUT2D eigenvalue weighted by molar-refractivity contribution is 0.100. The van der Waals surface area contributed by atoms with E-state index in [1.165, 1.54) is 12.8 Å². The fourth-order valence-electron chi connectivity index (χ4n) is 3.86. The van der Waals surface area contributed by atoms with Gasteiger partial charge in [0.1, 0.15) is 5.82 Å². The molecule has 0 radical (unpaired) electrons. The van der Waals surface area contributed by atoms with Crippen molar-refractivity contribution in [1.82, 2.24) is 14.8 Å². The third-order valence-corrected chi connectivity index (χ3v) is 5.82. The molecule has 1 saturated carbocycles. The molecule has 1 amide bonds. The summed E-state index contributed by atoms with van der Waals surface area (Å²) in [7, 11) is 0. The zero-order valence-electron chi connectivity index (χ0n) is 18.4. The summed E-state index contributed by atoms with van der Waals surface area (Å²) in [5.74, 6) is -0.538. The van der Waals surface area contributed by atoms with E-state index in [1.54, 1.807) is 6.20 Å². The zero-order chi connectivity index (χ0) is 22.8. The molecule has 6 N–H and O–H groups in total. The van der Waals surface area contributed by atoms with Gasteiger partial charge in [0, 0.05) is 29.7 Å². The van der Waals surface area contributed by atoms with Gasteiger partial charge in [-0.3, -0.25) is 9.48 Å². The number of pyridine rings is 1. The third kappa shape index (κ3) is 4.83. The molecule has 32 heavy (non-hydrogen) atoms. The van der Waals surface area contributed by atoms with Crippen LogP contribution in [0.4, 0.5) is 21.7 Å². The van der Waals surface area contributed by atoms with Crippen LogP contribution in [0.2, 0.25) is 0 Å². The molecule has 0 unspecified atom stereocenters. The monoisotopic (exact) mass is 439 g/mol. The summed E-state index contributed by atoms with van der Waals surface area (Å²) in [6.45, 7) is 4.82. The van der Waals surface area contributed by atoms with Crippen molar-refractivity contribution in [2.24, 2.45) is 17.4 Å². The van der Waals surface area contributed by atoms with Gasteiger partial charge in [-0.1, -0.05) is 19.8 Å². The molecule has 0 bridgehead atoms. The fourth-order valence-corrected chi connectivity index (χ4v) is 3.86.